The van der Waals surface area contributed by atoms with Gasteiger partial charge in [0, 0.05) is 25.1 Å². The van der Waals surface area contributed by atoms with E-state index in [1.807, 2.05) is 12.1 Å². The van der Waals surface area contributed by atoms with E-state index in [-0.39, 0.29) is 24.0 Å². The molecule has 0 saturated carbocycles. The van der Waals surface area contributed by atoms with Gasteiger partial charge in [-0.25, -0.2) is 4.39 Å². The van der Waals surface area contributed by atoms with Crippen LogP contribution in [-0.2, 0) is 27.3 Å². The zero-order chi connectivity index (χ0) is 20.5. The molecule has 0 aliphatic heterocycles. The van der Waals surface area contributed by atoms with Crippen molar-refractivity contribution < 1.29 is 23.5 Å². The fourth-order valence-electron chi connectivity index (χ4n) is 2.91. The largest absolute Gasteiger partial charge is 0.496 e. The molecule has 28 heavy (non-hydrogen) atoms. The third-order valence-corrected chi connectivity index (χ3v) is 4.24. The molecule has 0 atom stereocenters. The van der Waals surface area contributed by atoms with Crippen molar-refractivity contribution in [3.63, 3.8) is 0 Å². The van der Waals surface area contributed by atoms with E-state index in [4.69, 9.17) is 9.47 Å². The highest BCUT2D eigenvalue weighted by molar-refractivity contribution is 5.77. The van der Waals surface area contributed by atoms with Gasteiger partial charge >= 0.3 is 5.97 Å². The molecule has 0 heterocycles. The fraction of sp³-hybridized carbons (Fsp3) is 0.364. The summed E-state index contributed by atoms with van der Waals surface area (Å²) < 4.78 is 24.3. The van der Waals surface area contributed by atoms with Crippen LogP contribution in [-0.4, -0.2) is 32.0 Å². The minimum atomic E-state index is -0.339. The average molecular weight is 387 g/mol. The van der Waals surface area contributed by atoms with Crippen LogP contribution in [0.1, 0.15) is 31.4 Å². The number of rotatable bonds is 10. The fourth-order valence-corrected chi connectivity index (χ4v) is 2.91. The van der Waals surface area contributed by atoms with Gasteiger partial charge in [0.05, 0.1) is 20.1 Å². The molecule has 0 bridgehead atoms. The molecule has 0 aliphatic rings. The van der Waals surface area contributed by atoms with Gasteiger partial charge in [-0.15, -0.1) is 0 Å². The van der Waals surface area contributed by atoms with Crippen molar-refractivity contribution in [1.82, 2.24) is 5.32 Å². The second kappa shape index (κ2) is 10.6. The highest BCUT2D eigenvalue weighted by Gasteiger charge is 2.14. The molecule has 2 rings (SSSR count). The van der Waals surface area contributed by atoms with Crippen molar-refractivity contribution in [3.8, 4) is 16.9 Å². The third-order valence-electron chi connectivity index (χ3n) is 4.24. The van der Waals surface area contributed by atoms with Crippen LogP contribution in [0.5, 0.6) is 5.75 Å². The van der Waals surface area contributed by atoms with Crippen LogP contribution in [0.15, 0.2) is 36.4 Å². The second-order valence-electron chi connectivity index (χ2n) is 6.45. The summed E-state index contributed by atoms with van der Waals surface area (Å²) in [5.41, 5.74) is 3.11. The molecule has 0 fully saturated rings. The van der Waals surface area contributed by atoms with Crippen LogP contribution in [0.4, 0.5) is 4.39 Å². The van der Waals surface area contributed by atoms with Gasteiger partial charge in [0.25, 0.3) is 0 Å². The quantitative estimate of drug-likeness (QED) is 0.498. The number of benzene rings is 2. The van der Waals surface area contributed by atoms with Gasteiger partial charge in [-0.05, 0) is 54.8 Å². The lowest BCUT2D eigenvalue weighted by atomic mass is 9.96. The standard InChI is InChI=1S/C22H26FNO4/c1-4-28-22(26)12-16-5-8-21(27-3)20(11-16)19-7-6-18(23)13-17(19)14-24-10-9-15(2)25/h5-8,11,13,24H,4,9-10,12,14H2,1-3H3. The minimum absolute atomic E-state index is 0.0975. The van der Waals surface area contributed by atoms with Gasteiger partial charge in [0.1, 0.15) is 17.3 Å². The molecule has 0 radical (unpaired) electrons. The number of halogens is 1. The van der Waals surface area contributed by atoms with E-state index in [1.54, 1.807) is 26.2 Å². The molecule has 0 aliphatic carbocycles. The first kappa shape index (κ1) is 21.6. The number of nitrogens with one attached hydrogen (secondary N) is 1. The third kappa shape index (κ3) is 6.16. The van der Waals surface area contributed by atoms with Gasteiger partial charge in [-0.1, -0.05) is 12.1 Å². The van der Waals surface area contributed by atoms with Gasteiger partial charge in [0.2, 0.25) is 0 Å². The van der Waals surface area contributed by atoms with E-state index < -0.39 is 0 Å². The number of esters is 1. The topological polar surface area (TPSA) is 64.6 Å². The Morgan fingerprint density at radius 2 is 1.89 bits per heavy atom. The van der Waals surface area contributed by atoms with Crippen molar-refractivity contribution in [3.05, 3.63) is 53.3 Å². The van der Waals surface area contributed by atoms with Crippen LogP contribution >= 0.6 is 0 Å². The van der Waals surface area contributed by atoms with Gasteiger partial charge in [0.15, 0.2) is 0 Å². The smallest absolute Gasteiger partial charge is 0.310 e. The minimum Gasteiger partial charge on any atom is -0.496 e. The maximum atomic E-state index is 13.8. The Bertz CT molecular complexity index is 835. The van der Waals surface area contributed by atoms with Crippen molar-refractivity contribution in [2.75, 3.05) is 20.3 Å². The van der Waals surface area contributed by atoms with Crippen LogP contribution in [0.2, 0.25) is 0 Å². The molecule has 150 valence electrons. The number of hydrogen-bond donors (Lipinski definition) is 1. The summed E-state index contributed by atoms with van der Waals surface area (Å²) in [5, 5.41) is 3.17. The number of Topliss-reactive ketones (excluding diaryl/α,β-unsaturated/α-hetero) is 1. The van der Waals surface area contributed by atoms with Crippen LogP contribution in [0, 0.1) is 5.82 Å². The number of carbonyl (C=O) groups excluding carboxylic acids is 2. The first-order valence-electron chi connectivity index (χ1n) is 9.26. The predicted molar refractivity (Wildman–Crippen MR) is 106 cm³/mol. The Morgan fingerprint density at radius 3 is 2.57 bits per heavy atom. The normalized spacial score (nSPS) is 10.6. The summed E-state index contributed by atoms with van der Waals surface area (Å²) >= 11 is 0. The van der Waals surface area contributed by atoms with Gasteiger partial charge in [-0.3, -0.25) is 9.59 Å². The maximum Gasteiger partial charge on any atom is 0.310 e. The summed E-state index contributed by atoms with van der Waals surface area (Å²) in [6.07, 6.45) is 0.571. The van der Waals surface area contributed by atoms with Crippen LogP contribution in [0.3, 0.4) is 0 Å². The molecule has 1 N–H and O–H groups in total. The number of hydrogen-bond acceptors (Lipinski definition) is 5. The molecular weight excluding hydrogens is 361 g/mol. The molecular formula is C22H26FNO4. The van der Waals surface area contributed by atoms with Crippen molar-refractivity contribution in [2.24, 2.45) is 0 Å². The van der Waals surface area contributed by atoms with E-state index in [9.17, 15) is 14.0 Å². The maximum absolute atomic E-state index is 13.8. The molecule has 6 heteroatoms. The van der Waals surface area contributed by atoms with Crippen molar-refractivity contribution in [2.45, 2.75) is 33.2 Å². The first-order chi connectivity index (χ1) is 13.4. The Hall–Kier alpha value is -2.73. The highest BCUT2D eigenvalue weighted by atomic mass is 19.1. The second-order valence-corrected chi connectivity index (χ2v) is 6.45. The molecule has 0 spiro atoms. The summed E-state index contributed by atoms with van der Waals surface area (Å²) in [4.78, 5) is 22.9. The van der Waals surface area contributed by atoms with E-state index in [1.165, 1.54) is 19.1 Å². The monoisotopic (exact) mass is 387 g/mol. The Balaban J connectivity index is 2.33. The van der Waals surface area contributed by atoms with Crippen LogP contribution in [0.25, 0.3) is 11.1 Å². The lowest BCUT2D eigenvalue weighted by Gasteiger charge is -2.15. The lowest BCUT2D eigenvalue weighted by molar-refractivity contribution is -0.142. The Kier molecular flexibility index (Phi) is 8.14. The van der Waals surface area contributed by atoms with Crippen molar-refractivity contribution in [1.29, 1.82) is 0 Å². The number of ether oxygens (including phenoxy) is 2. The van der Waals surface area contributed by atoms with Gasteiger partial charge < -0.3 is 14.8 Å². The predicted octanol–water partition coefficient (Wildman–Crippen LogP) is 3.68. The summed E-state index contributed by atoms with van der Waals surface area (Å²) in [7, 11) is 1.57. The van der Waals surface area contributed by atoms with Crippen LogP contribution < -0.4 is 10.1 Å². The molecule has 2 aromatic carbocycles. The van der Waals surface area contributed by atoms with E-state index >= 15 is 0 Å². The van der Waals surface area contributed by atoms with E-state index in [0.717, 1.165) is 22.3 Å². The van der Waals surface area contributed by atoms with Crippen molar-refractivity contribution >= 4 is 11.8 Å². The Morgan fingerprint density at radius 1 is 1.11 bits per heavy atom. The molecule has 5 nitrogen and oxygen atoms in total. The summed E-state index contributed by atoms with van der Waals surface area (Å²) in [5.74, 6) is 0.0853. The van der Waals surface area contributed by atoms with Gasteiger partial charge in [-0.2, -0.15) is 0 Å². The molecule has 0 saturated heterocycles. The Labute approximate surface area is 164 Å². The number of carbonyl (C=O) groups is 2. The molecule has 2 aromatic rings. The summed E-state index contributed by atoms with van der Waals surface area (Å²) in [6, 6.07) is 10.0. The lowest BCUT2D eigenvalue weighted by Crippen LogP contribution is -2.17. The zero-order valence-electron chi connectivity index (χ0n) is 16.5. The average Bonchev–Trinajstić information content (AvgIpc) is 2.65. The van der Waals surface area contributed by atoms with E-state index in [0.29, 0.717) is 31.9 Å². The molecule has 0 unspecified atom stereocenters. The highest BCUT2D eigenvalue weighted by Crippen LogP contribution is 2.34. The number of methoxy groups -OCH3 is 1. The van der Waals surface area contributed by atoms with E-state index in [2.05, 4.69) is 5.32 Å². The first-order valence-corrected chi connectivity index (χ1v) is 9.26. The SMILES string of the molecule is CCOC(=O)Cc1ccc(OC)c(-c2ccc(F)cc2CNCCC(C)=O)c1. The number of ketones is 1. The summed E-state index contributed by atoms with van der Waals surface area (Å²) in [6.45, 7) is 4.56. The molecule has 0 amide bonds. The zero-order valence-corrected chi connectivity index (χ0v) is 16.5. The molecule has 0 aromatic heterocycles.